The van der Waals surface area contributed by atoms with E-state index >= 15 is 0 Å². The van der Waals surface area contributed by atoms with Crippen LogP contribution < -0.4 is 0 Å². The van der Waals surface area contributed by atoms with Gasteiger partial charge >= 0.3 is 0 Å². The molecule has 0 saturated heterocycles. The number of amides is 2. The molecule has 4 nitrogen and oxygen atoms in total. The topological polar surface area (TPSA) is 40.6 Å². The standard InChI is InChI=1S/C10H12N2O2S4/c13-9(11(15)16)5-7-1-2-8(4-3-7)6-10(14)12(17)18/h1-4,15-18H,5-6H2. The zero-order valence-corrected chi connectivity index (χ0v) is 12.8. The zero-order valence-electron chi connectivity index (χ0n) is 9.22. The van der Waals surface area contributed by atoms with Gasteiger partial charge in [0.1, 0.15) is 0 Å². The first-order valence-electron chi connectivity index (χ1n) is 4.89. The van der Waals surface area contributed by atoms with Gasteiger partial charge < -0.3 is 0 Å². The number of carbonyl (C=O) groups is 2. The normalized spacial score (nSPS) is 10.0. The lowest BCUT2D eigenvalue weighted by Crippen LogP contribution is -2.15. The quantitative estimate of drug-likeness (QED) is 0.639. The van der Waals surface area contributed by atoms with E-state index in [1.807, 2.05) is 0 Å². The molecule has 0 fully saturated rings. The highest BCUT2D eigenvalue weighted by Crippen LogP contribution is 2.11. The molecule has 0 aliphatic rings. The Morgan fingerprint density at radius 1 is 0.778 bits per heavy atom. The van der Waals surface area contributed by atoms with Gasteiger partial charge in [0.2, 0.25) is 11.8 Å². The van der Waals surface area contributed by atoms with E-state index in [2.05, 4.69) is 51.3 Å². The van der Waals surface area contributed by atoms with Crippen LogP contribution in [0, 0.1) is 0 Å². The third-order valence-corrected chi connectivity index (χ3v) is 3.07. The SMILES string of the molecule is O=C(Cc1ccc(CC(=O)N(S)S)cc1)N(S)S. The molecule has 0 N–H and O–H groups in total. The van der Waals surface area contributed by atoms with Crippen molar-refractivity contribution in [3.8, 4) is 0 Å². The second kappa shape index (κ2) is 7.22. The summed E-state index contributed by atoms with van der Waals surface area (Å²) in [6, 6.07) is 7.14. The van der Waals surface area contributed by atoms with Crippen LogP contribution in [0.4, 0.5) is 0 Å². The molecule has 0 bridgehead atoms. The Morgan fingerprint density at radius 3 is 1.28 bits per heavy atom. The van der Waals surface area contributed by atoms with Gasteiger partial charge in [-0.05, 0) is 11.1 Å². The van der Waals surface area contributed by atoms with E-state index < -0.39 is 0 Å². The van der Waals surface area contributed by atoms with Crippen molar-refractivity contribution in [3.05, 3.63) is 35.4 Å². The minimum absolute atomic E-state index is 0.215. The van der Waals surface area contributed by atoms with Gasteiger partial charge in [-0.1, -0.05) is 75.5 Å². The molecule has 1 aromatic carbocycles. The van der Waals surface area contributed by atoms with Crippen LogP contribution in [0.15, 0.2) is 24.3 Å². The highest BCUT2D eigenvalue weighted by molar-refractivity contribution is 7.94. The number of carbonyl (C=O) groups excluding carboxylic acids is 2. The molecule has 18 heavy (non-hydrogen) atoms. The van der Waals surface area contributed by atoms with Gasteiger partial charge in [0.15, 0.2) is 0 Å². The number of hydrogen-bond acceptors (Lipinski definition) is 6. The van der Waals surface area contributed by atoms with Crippen LogP contribution in [0.5, 0.6) is 0 Å². The second-order valence-corrected chi connectivity index (χ2v) is 5.77. The minimum Gasteiger partial charge on any atom is -0.273 e. The fourth-order valence-corrected chi connectivity index (χ4v) is 1.55. The molecular weight excluding hydrogens is 308 g/mol. The van der Waals surface area contributed by atoms with Crippen LogP contribution in [0.3, 0.4) is 0 Å². The maximum absolute atomic E-state index is 11.4. The predicted molar refractivity (Wildman–Crippen MR) is 83.5 cm³/mol. The summed E-state index contributed by atoms with van der Waals surface area (Å²) < 4.78 is 1.88. The van der Waals surface area contributed by atoms with Gasteiger partial charge in [-0.3, -0.25) is 9.59 Å². The van der Waals surface area contributed by atoms with Crippen LogP contribution in [0.2, 0.25) is 0 Å². The summed E-state index contributed by atoms with van der Waals surface area (Å²) in [6.45, 7) is 0. The maximum Gasteiger partial charge on any atom is 0.246 e. The molecule has 0 saturated carbocycles. The number of benzene rings is 1. The van der Waals surface area contributed by atoms with Crippen LogP contribution in [-0.4, -0.2) is 19.2 Å². The molecule has 98 valence electrons. The lowest BCUT2D eigenvalue weighted by molar-refractivity contribution is -0.122. The van der Waals surface area contributed by atoms with E-state index in [1.54, 1.807) is 24.3 Å². The number of thiol groups is 4. The summed E-state index contributed by atoms with van der Waals surface area (Å²) in [5.41, 5.74) is 1.66. The maximum atomic E-state index is 11.4. The first-order valence-corrected chi connectivity index (χ1v) is 6.49. The molecule has 0 radical (unpaired) electrons. The highest BCUT2D eigenvalue weighted by Gasteiger charge is 2.09. The van der Waals surface area contributed by atoms with Gasteiger partial charge in [-0.25, -0.2) is 7.42 Å². The van der Waals surface area contributed by atoms with Crippen molar-refractivity contribution in [2.75, 3.05) is 0 Å². The molecule has 2 amide bonds. The third-order valence-electron chi connectivity index (χ3n) is 2.18. The Labute approximate surface area is 128 Å². The molecule has 0 spiro atoms. The number of hydrogen-bond donors (Lipinski definition) is 4. The fourth-order valence-electron chi connectivity index (χ4n) is 1.27. The number of rotatable bonds is 4. The van der Waals surface area contributed by atoms with E-state index in [0.29, 0.717) is 0 Å². The Bertz CT molecular complexity index is 393. The van der Waals surface area contributed by atoms with Crippen LogP contribution in [0.25, 0.3) is 0 Å². The molecule has 0 heterocycles. The molecule has 0 aliphatic heterocycles. The van der Waals surface area contributed by atoms with Crippen LogP contribution in [0.1, 0.15) is 11.1 Å². The van der Waals surface area contributed by atoms with Crippen molar-refractivity contribution in [2.45, 2.75) is 12.8 Å². The summed E-state index contributed by atoms with van der Waals surface area (Å²) in [4.78, 5) is 22.7. The van der Waals surface area contributed by atoms with E-state index in [1.165, 1.54) is 0 Å². The Morgan fingerprint density at radius 2 is 1.06 bits per heavy atom. The predicted octanol–water partition coefficient (Wildman–Crippen LogP) is 1.81. The number of nitrogens with zero attached hydrogens (tertiary/aromatic N) is 2. The average molecular weight is 320 g/mol. The van der Waals surface area contributed by atoms with Crippen molar-refractivity contribution in [1.82, 2.24) is 7.42 Å². The van der Waals surface area contributed by atoms with Crippen molar-refractivity contribution >= 4 is 63.1 Å². The van der Waals surface area contributed by atoms with E-state index in [0.717, 1.165) is 18.5 Å². The molecule has 0 aromatic heterocycles. The highest BCUT2D eigenvalue weighted by atomic mass is 32.2. The molecule has 0 unspecified atom stereocenters. The lowest BCUT2D eigenvalue weighted by atomic mass is 10.1. The minimum atomic E-state index is -0.220. The lowest BCUT2D eigenvalue weighted by Gasteiger charge is -2.09. The van der Waals surface area contributed by atoms with Crippen molar-refractivity contribution in [1.29, 1.82) is 0 Å². The monoisotopic (exact) mass is 320 g/mol. The Balaban J connectivity index is 2.63. The summed E-state index contributed by atoms with van der Waals surface area (Å²) in [5, 5.41) is 0. The summed E-state index contributed by atoms with van der Waals surface area (Å²) in [5.74, 6) is -0.440. The molecule has 8 heteroatoms. The average Bonchev–Trinajstić information content (AvgIpc) is 2.31. The molecule has 0 atom stereocenters. The summed E-state index contributed by atoms with van der Waals surface area (Å²) in [6.07, 6.45) is 0.430. The van der Waals surface area contributed by atoms with Crippen LogP contribution in [-0.2, 0) is 22.4 Å². The summed E-state index contributed by atoms with van der Waals surface area (Å²) in [7, 11) is 0. The zero-order chi connectivity index (χ0) is 13.7. The van der Waals surface area contributed by atoms with E-state index in [4.69, 9.17) is 0 Å². The largest absolute Gasteiger partial charge is 0.273 e. The molecular formula is C10H12N2O2S4. The van der Waals surface area contributed by atoms with Gasteiger partial charge in [0.25, 0.3) is 0 Å². The van der Waals surface area contributed by atoms with Gasteiger partial charge in [-0.2, -0.15) is 0 Å². The summed E-state index contributed by atoms with van der Waals surface area (Å²) >= 11 is 15.2. The van der Waals surface area contributed by atoms with Crippen LogP contribution >= 0.6 is 51.3 Å². The van der Waals surface area contributed by atoms with E-state index in [-0.39, 0.29) is 24.7 Å². The van der Waals surface area contributed by atoms with Gasteiger partial charge in [0, 0.05) is 0 Å². The van der Waals surface area contributed by atoms with E-state index in [9.17, 15) is 9.59 Å². The van der Waals surface area contributed by atoms with Gasteiger partial charge in [0.05, 0.1) is 12.8 Å². The Hall–Kier alpha value is -0.440. The van der Waals surface area contributed by atoms with Crippen molar-refractivity contribution in [2.24, 2.45) is 0 Å². The van der Waals surface area contributed by atoms with Gasteiger partial charge in [-0.15, -0.1) is 0 Å². The second-order valence-electron chi connectivity index (χ2n) is 3.54. The third kappa shape index (κ3) is 5.05. The molecule has 0 aliphatic carbocycles. The molecule has 1 rings (SSSR count). The Kier molecular flexibility index (Phi) is 6.27. The fraction of sp³-hybridized carbons (Fsp3) is 0.200. The van der Waals surface area contributed by atoms with Crippen molar-refractivity contribution < 1.29 is 9.59 Å². The smallest absolute Gasteiger partial charge is 0.246 e. The van der Waals surface area contributed by atoms with Crippen molar-refractivity contribution in [3.63, 3.8) is 0 Å². The first-order chi connectivity index (χ1) is 8.40. The molecule has 1 aromatic rings. The first kappa shape index (κ1) is 15.6.